The van der Waals surface area contributed by atoms with Crippen molar-refractivity contribution in [3.63, 3.8) is 0 Å². The van der Waals surface area contributed by atoms with Crippen LogP contribution in [-0.2, 0) is 12.8 Å². The molecule has 1 saturated carbocycles. The Morgan fingerprint density at radius 2 is 1.94 bits per heavy atom. The molecule has 0 atom stereocenters. The van der Waals surface area contributed by atoms with Gasteiger partial charge in [-0.3, -0.25) is 0 Å². The number of hydrogen-bond acceptors (Lipinski definition) is 2. The van der Waals surface area contributed by atoms with Crippen LogP contribution >= 0.6 is 0 Å². The molecule has 18 heavy (non-hydrogen) atoms. The van der Waals surface area contributed by atoms with Gasteiger partial charge in [0.25, 0.3) is 0 Å². The van der Waals surface area contributed by atoms with Crippen molar-refractivity contribution in [3.05, 3.63) is 23.4 Å². The Morgan fingerprint density at radius 1 is 1.11 bits per heavy atom. The molecule has 98 valence electrons. The van der Waals surface area contributed by atoms with Crippen LogP contribution in [0.15, 0.2) is 12.1 Å². The summed E-state index contributed by atoms with van der Waals surface area (Å²) < 4.78 is 0. The van der Waals surface area contributed by atoms with Crippen molar-refractivity contribution in [2.45, 2.75) is 58.3 Å². The van der Waals surface area contributed by atoms with Crippen LogP contribution in [0.1, 0.15) is 56.7 Å². The highest BCUT2D eigenvalue weighted by atomic mass is 15.0. The van der Waals surface area contributed by atoms with Gasteiger partial charge in [-0.05, 0) is 49.1 Å². The third-order valence-corrected chi connectivity index (χ3v) is 4.69. The molecule has 1 aromatic heterocycles. The lowest BCUT2D eigenvalue weighted by molar-refractivity contribution is 0.233. The lowest BCUT2D eigenvalue weighted by Gasteiger charge is -2.33. The van der Waals surface area contributed by atoms with Gasteiger partial charge in [0.05, 0.1) is 0 Å². The van der Waals surface area contributed by atoms with Crippen LogP contribution < -0.4 is 5.32 Å². The van der Waals surface area contributed by atoms with E-state index in [9.17, 15) is 0 Å². The molecule has 0 radical (unpaired) electrons. The summed E-state index contributed by atoms with van der Waals surface area (Å²) in [6, 6.07) is 4.43. The van der Waals surface area contributed by atoms with Crippen molar-refractivity contribution in [2.24, 2.45) is 5.41 Å². The number of nitrogens with one attached hydrogen (secondary N) is 1. The minimum atomic E-state index is 0.485. The molecule has 0 aromatic carbocycles. The van der Waals surface area contributed by atoms with Gasteiger partial charge in [-0.2, -0.15) is 0 Å². The van der Waals surface area contributed by atoms with Crippen molar-refractivity contribution >= 4 is 5.82 Å². The van der Waals surface area contributed by atoms with Crippen molar-refractivity contribution in [1.82, 2.24) is 4.98 Å². The van der Waals surface area contributed by atoms with Gasteiger partial charge in [-0.25, -0.2) is 4.98 Å². The number of pyridine rings is 1. The molecule has 1 N–H and O–H groups in total. The summed E-state index contributed by atoms with van der Waals surface area (Å²) in [5.41, 5.74) is 3.28. The Bertz CT molecular complexity index is 419. The van der Waals surface area contributed by atoms with Gasteiger partial charge in [0.1, 0.15) is 5.82 Å². The van der Waals surface area contributed by atoms with Crippen LogP contribution in [0.2, 0.25) is 0 Å². The maximum atomic E-state index is 4.76. The number of rotatable bonds is 3. The van der Waals surface area contributed by atoms with Crippen LogP contribution in [0.4, 0.5) is 5.82 Å². The lowest BCUT2D eigenvalue weighted by Crippen LogP contribution is -2.29. The average molecular weight is 244 g/mol. The van der Waals surface area contributed by atoms with Gasteiger partial charge in [-0.1, -0.05) is 32.3 Å². The third kappa shape index (κ3) is 2.52. The lowest BCUT2D eigenvalue weighted by atomic mass is 9.76. The molecule has 0 saturated heterocycles. The van der Waals surface area contributed by atoms with E-state index in [2.05, 4.69) is 24.4 Å². The molecule has 2 aliphatic rings. The highest BCUT2D eigenvalue weighted by Gasteiger charge is 2.26. The smallest absolute Gasteiger partial charge is 0.126 e. The highest BCUT2D eigenvalue weighted by molar-refractivity contribution is 5.40. The van der Waals surface area contributed by atoms with E-state index in [-0.39, 0.29) is 0 Å². The summed E-state index contributed by atoms with van der Waals surface area (Å²) in [5.74, 6) is 1.09. The predicted molar refractivity (Wildman–Crippen MR) is 75.9 cm³/mol. The zero-order chi connectivity index (χ0) is 12.4. The van der Waals surface area contributed by atoms with E-state index in [1.54, 1.807) is 0 Å². The molecule has 1 heterocycles. The van der Waals surface area contributed by atoms with Gasteiger partial charge in [-0.15, -0.1) is 0 Å². The Labute approximate surface area is 110 Å². The Hall–Kier alpha value is -1.05. The van der Waals surface area contributed by atoms with Gasteiger partial charge < -0.3 is 5.32 Å². The van der Waals surface area contributed by atoms with Crippen LogP contribution in [0.3, 0.4) is 0 Å². The largest absolute Gasteiger partial charge is 0.370 e. The Balaban J connectivity index is 1.62. The first-order valence-corrected chi connectivity index (χ1v) is 7.48. The van der Waals surface area contributed by atoms with Crippen molar-refractivity contribution in [2.75, 3.05) is 11.9 Å². The summed E-state index contributed by atoms with van der Waals surface area (Å²) in [6.07, 6.45) is 10.6. The monoisotopic (exact) mass is 244 g/mol. The topological polar surface area (TPSA) is 24.9 Å². The summed E-state index contributed by atoms with van der Waals surface area (Å²) >= 11 is 0. The molecule has 0 unspecified atom stereocenters. The minimum absolute atomic E-state index is 0.485. The normalized spacial score (nSPS) is 21.6. The van der Waals surface area contributed by atoms with Crippen LogP contribution in [0.5, 0.6) is 0 Å². The van der Waals surface area contributed by atoms with Gasteiger partial charge in [0, 0.05) is 12.2 Å². The second-order valence-electron chi connectivity index (χ2n) is 6.38. The summed E-state index contributed by atoms with van der Waals surface area (Å²) in [4.78, 5) is 4.76. The second kappa shape index (κ2) is 4.91. The summed E-state index contributed by atoms with van der Waals surface area (Å²) in [6.45, 7) is 3.51. The second-order valence-corrected chi connectivity index (χ2v) is 6.38. The average Bonchev–Trinajstić information content (AvgIpc) is 2.85. The molecule has 2 aliphatic carbocycles. The van der Waals surface area contributed by atoms with Crippen molar-refractivity contribution in [3.8, 4) is 0 Å². The van der Waals surface area contributed by atoms with Crippen LogP contribution in [0, 0.1) is 5.41 Å². The third-order valence-electron chi connectivity index (χ3n) is 4.69. The molecule has 0 aliphatic heterocycles. The quantitative estimate of drug-likeness (QED) is 0.870. The highest BCUT2D eigenvalue weighted by Crippen LogP contribution is 2.35. The van der Waals surface area contributed by atoms with Gasteiger partial charge >= 0.3 is 0 Å². The van der Waals surface area contributed by atoms with E-state index in [0.29, 0.717) is 5.41 Å². The maximum Gasteiger partial charge on any atom is 0.126 e. The first kappa shape index (κ1) is 12.0. The summed E-state index contributed by atoms with van der Waals surface area (Å²) in [5, 5.41) is 3.57. The standard InChI is InChI=1S/C16H24N2/c1-16(10-3-2-4-11-16)12-17-15-9-8-13-6-5-7-14(13)18-15/h8-9H,2-7,10-12H2,1H3,(H,17,18). The molecule has 3 rings (SSSR count). The number of aryl methyl sites for hydroxylation is 2. The molecular formula is C16H24N2. The minimum Gasteiger partial charge on any atom is -0.370 e. The number of fused-ring (bicyclic) bond motifs is 1. The fraction of sp³-hybridized carbons (Fsp3) is 0.688. The van der Waals surface area contributed by atoms with Crippen LogP contribution in [0.25, 0.3) is 0 Å². The molecule has 2 nitrogen and oxygen atoms in total. The molecule has 2 heteroatoms. The molecule has 0 bridgehead atoms. The van der Waals surface area contributed by atoms with E-state index in [4.69, 9.17) is 4.98 Å². The Kier molecular flexibility index (Phi) is 3.27. The van der Waals surface area contributed by atoms with E-state index >= 15 is 0 Å². The summed E-state index contributed by atoms with van der Waals surface area (Å²) in [7, 11) is 0. The van der Waals surface area contributed by atoms with E-state index in [1.807, 2.05) is 0 Å². The number of anilines is 1. The molecule has 1 fully saturated rings. The SMILES string of the molecule is CC1(CNc2ccc3c(n2)CCC3)CCCCC1. The molecule has 0 amide bonds. The molecule has 0 spiro atoms. The number of nitrogens with zero attached hydrogens (tertiary/aromatic N) is 1. The molecular weight excluding hydrogens is 220 g/mol. The van der Waals surface area contributed by atoms with Crippen molar-refractivity contribution < 1.29 is 0 Å². The Morgan fingerprint density at radius 3 is 2.78 bits per heavy atom. The van der Waals surface area contributed by atoms with Crippen LogP contribution in [-0.4, -0.2) is 11.5 Å². The molecule has 1 aromatic rings. The first-order chi connectivity index (χ1) is 8.75. The van der Waals surface area contributed by atoms with E-state index in [0.717, 1.165) is 12.4 Å². The number of hydrogen-bond donors (Lipinski definition) is 1. The fourth-order valence-corrected chi connectivity index (χ4v) is 3.41. The van der Waals surface area contributed by atoms with E-state index < -0.39 is 0 Å². The first-order valence-electron chi connectivity index (χ1n) is 7.48. The van der Waals surface area contributed by atoms with E-state index in [1.165, 1.54) is 62.6 Å². The van der Waals surface area contributed by atoms with Crippen molar-refractivity contribution in [1.29, 1.82) is 0 Å². The fourth-order valence-electron chi connectivity index (χ4n) is 3.41. The number of aromatic nitrogens is 1. The van der Waals surface area contributed by atoms with Gasteiger partial charge in [0.2, 0.25) is 0 Å². The predicted octanol–water partition coefficient (Wildman–Crippen LogP) is 3.95. The maximum absolute atomic E-state index is 4.76. The van der Waals surface area contributed by atoms with Gasteiger partial charge in [0.15, 0.2) is 0 Å². The zero-order valence-corrected chi connectivity index (χ0v) is 11.5. The zero-order valence-electron chi connectivity index (χ0n) is 11.5.